The zero-order chi connectivity index (χ0) is 21.7. The number of hydrogen-bond acceptors (Lipinski definition) is 3. The molecule has 2 fully saturated rings. The van der Waals surface area contributed by atoms with Crippen molar-refractivity contribution in [2.45, 2.75) is 89.9 Å². The molecule has 1 saturated carbocycles. The second-order valence-electron chi connectivity index (χ2n) is 9.13. The SMILES string of the molecule is CCCC[C@H]1CCCC[C@@H]1C(=O)Nc1c(C)ccc(S(=O)(=O)N2CCCCC2)c1C. The molecule has 1 amide bonds. The number of rotatable bonds is 7. The van der Waals surface area contributed by atoms with Gasteiger partial charge in [-0.15, -0.1) is 0 Å². The van der Waals surface area contributed by atoms with E-state index in [0.717, 1.165) is 63.4 Å². The van der Waals surface area contributed by atoms with Crippen LogP contribution in [0.3, 0.4) is 0 Å². The number of amides is 1. The van der Waals surface area contributed by atoms with Crippen LogP contribution in [0.5, 0.6) is 0 Å². The van der Waals surface area contributed by atoms with Crippen molar-refractivity contribution in [3.63, 3.8) is 0 Å². The highest BCUT2D eigenvalue weighted by atomic mass is 32.2. The number of anilines is 1. The number of unbranched alkanes of at least 4 members (excludes halogenated alkanes) is 1. The first-order valence-corrected chi connectivity index (χ1v) is 13.2. The molecule has 1 aromatic carbocycles. The van der Waals surface area contributed by atoms with Crippen LogP contribution in [0.25, 0.3) is 0 Å². The van der Waals surface area contributed by atoms with Crippen molar-refractivity contribution in [3.05, 3.63) is 23.3 Å². The number of piperidine rings is 1. The number of nitrogens with one attached hydrogen (secondary N) is 1. The molecule has 0 aromatic heterocycles. The summed E-state index contributed by atoms with van der Waals surface area (Å²) in [4.78, 5) is 13.6. The van der Waals surface area contributed by atoms with Crippen molar-refractivity contribution in [1.82, 2.24) is 4.31 Å². The minimum Gasteiger partial charge on any atom is -0.325 e. The Morgan fingerprint density at radius 3 is 2.47 bits per heavy atom. The Balaban J connectivity index is 1.83. The predicted molar refractivity (Wildman–Crippen MR) is 122 cm³/mol. The number of carbonyl (C=O) groups excluding carboxylic acids is 1. The van der Waals surface area contributed by atoms with E-state index in [2.05, 4.69) is 12.2 Å². The smallest absolute Gasteiger partial charge is 0.243 e. The molecule has 5 nitrogen and oxygen atoms in total. The Bertz CT molecular complexity index is 844. The monoisotopic (exact) mass is 434 g/mol. The first-order chi connectivity index (χ1) is 14.4. The van der Waals surface area contributed by atoms with Gasteiger partial charge >= 0.3 is 0 Å². The van der Waals surface area contributed by atoms with Crippen molar-refractivity contribution in [3.8, 4) is 0 Å². The van der Waals surface area contributed by atoms with Gasteiger partial charge in [-0.05, 0) is 69.1 Å². The van der Waals surface area contributed by atoms with E-state index < -0.39 is 10.0 Å². The summed E-state index contributed by atoms with van der Waals surface area (Å²) in [5, 5.41) is 3.15. The summed E-state index contributed by atoms with van der Waals surface area (Å²) < 4.78 is 28.1. The van der Waals surface area contributed by atoms with Crippen LogP contribution in [0.15, 0.2) is 17.0 Å². The molecule has 3 rings (SSSR count). The fourth-order valence-corrected chi connectivity index (χ4v) is 6.87. The summed E-state index contributed by atoms with van der Waals surface area (Å²) in [7, 11) is -3.53. The van der Waals surface area contributed by atoms with E-state index >= 15 is 0 Å². The lowest BCUT2D eigenvalue weighted by Crippen LogP contribution is -2.36. The topological polar surface area (TPSA) is 66.5 Å². The predicted octanol–water partition coefficient (Wildman–Crippen LogP) is 5.41. The van der Waals surface area contributed by atoms with Crippen LogP contribution in [0.1, 0.15) is 82.3 Å². The zero-order valence-corrected chi connectivity index (χ0v) is 19.7. The highest BCUT2D eigenvalue weighted by molar-refractivity contribution is 7.89. The van der Waals surface area contributed by atoms with Crippen LogP contribution in [0.4, 0.5) is 5.69 Å². The summed E-state index contributed by atoms with van der Waals surface area (Å²) in [6.45, 7) is 7.13. The van der Waals surface area contributed by atoms with Crippen LogP contribution < -0.4 is 5.32 Å². The molecular weight excluding hydrogens is 396 g/mol. The Hall–Kier alpha value is -1.40. The second-order valence-corrected chi connectivity index (χ2v) is 11.0. The Labute approximate surface area is 182 Å². The number of carbonyl (C=O) groups is 1. The molecule has 0 unspecified atom stereocenters. The molecule has 1 aliphatic heterocycles. The molecule has 30 heavy (non-hydrogen) atoms. The standard InChI is InChI=1S/C24H38N2O3S/c1-4-5-11-20-12-7-8-13-21(20)24(27)25-23-18(2)14-15-22(19(23)3)30(28,29)26-16-9-6-10-17-26/h14-15,20-21H,4-13,16-17H2,1-3H3,(H,25,27)/t20-,21-/m0/s1. The van der Waals surface area contributed by atoms with Gasteiger partial charge in [0, 0.05) is 24.7 Å². The molecule has 2 atom stereocenters. The van der Waals surface area contributed by atoms with Crippen molar-refractivity contribution in [1.29, 1.82) is 0 Å². The third kappa shape index (κ3) is 5.08. The van der Waals surface area contributed by atoms with E-state index in [0.29, 0.717) is 35.2 Å². The Morgan fingerprint density at radius 1 is 1.07 bits per heavy atom. The van der Waals surface area contributed by atoms with E-state index in [1.54, 1.807) is 10.4 Å². The maximum Gasteiger partial charge on any atom is 0.243 e. The number of benzene rings is 1. The quantitative estimate of drug-likeness (QED) is 0.624. The molecule has 1 heterocycles. The summed E-state index contributed by atoms with van der Waals surface area (Å²) in [6, 6.07) is 3.53. The minimum absolute atomic E-state index is 0.0338. The number of aryl methyl sites for hydroxylation is 1. The fraction of sp³-hybridized carbons (Fsp3) is 0.708. The van der Waals surface area contributed by atoms with E-state index in [1.165, 1.54) is 6.42 Å². The van der Waals surface area contributed by atoms with Crippen LogP contribution in [0, 0.1) is 25.7 Å². The highest BCUT2D eigenvalue weighted by Gasteiger charge is 2.32. The van der Waals surface area contributed by atoms with Gasteiger partial charge in [-0.3, -0.25) is 4.79 Å². The number of sulfonamides is 1. The molecule has 2 aliphatic rings. The van der Waals surface area contributed by atoms with Crippen LogP contribution in [0.2, 0.25) is 0 Å². The summed E-state index contributed by atoms with van der Waals surface area (Å²) in [5.41, 5.74) is 2.26. The third-order valence-corrected chi connectivity index (χ3v) is 9.02. The van der Waals surface area contributed by atoms with Gasteiger partial charge in [-0.1, -0.05) is 45.1 Å². The average Bonchev–Trinajstić information content (AvgIpc) is 2.75. The minimum atomic E-state index is -3.53. The van der Waals surface area contributed by atoms with E-state index in [9.17, 15) is 13.2 Å². The number of hydrogen-bond donors (Lipinski definition) is 1. The molecule has 168 valence electrons. The molecule has 6 heteroatoms. The zero-order valence-electron chi connectivity index (χ0n) is 18.9. The van der Waals surface area contributed by atoms with Gasteiger partial charge in [0.25, 0.3) is 0 Å². The van der Waals surface area contributed by atoms with Crippen LogP contribution in [-0.4, -0.2) is 31.7 Å². The van der Waals surface area contributed by atoms with Gasteiger partial charge in [-0.2, -0.15) is 4.31 Å². The Kier molecular flexibility index (Phi) is 7.97. The lowest BCUT2D eigenvalue weighted by molar-refractivity contribution is -0.122. The van der Waals surface area contributed by atoms with Crippen molar-refractivity contribution in [2.24, 2.45) is 11.8 Å². The van der Waals surface area contributed by atoms with Gasteiger partial charge in [0.15, 0.2) is 0 Å². The maximum atomic E-state index is 13.2. The van der Waals surface area contributed by atoms with Crippen LogP contribution >= 0.6 is 0 Å². The summed E-state index contributed by atoms with van der Waals surface area (Å²) in [5.74, 6) is 0.542. The van der Waals surface area contributed by atoms with E-state index in [1.807, 2.05) is 19.9 Å². The molecule has 1 aliphatic carbocycles. The third-order valence-electron chi connectivity index (χ3n) is 6.98. The number of nitrogens with zero attached hydrogens (tertiary/aromatic N) is 1. The van der Waals surface area contributed by atoms with Gasteiger partial charge in [0.1, 0.15) is 0 Å². The van der Waals surface area contributed by atoms with Crippen molar-refractivity contribution in [2.75, 3.05) is 18.4 Å². The lowest BCUT2D eigenvalue weighted by atomic mass is 9.76. The van der Waals surface area contributed by atoms with Crippen molar-refractivity contribution >= 4 is 21.6 Å². The maximum absolute atomic E-state index is 13.2. The molecule has 0 radical (unpaired) electrons. The molecule has 1 aromatic rings. The molecule has 0 spiro atoms. The molecule has 0 bridgehead atoms. The Morgan fingerprint density at radius 2 is 1.77 bits per heavy atom. The van der Waals surface area contributed by atoms with Crippen LogP contribution in [-0.2, 0) is 14.8 Å². The lowest BCUT2D eigenvalue weighted by Gasteiger charge is -2.31. The van der Waals surface area contributed by atoms with Gasteiger partial charge in [-0.25, -0.2) is 8.42 Å². The molecule has 1 saturated heterocycles. The summed E-state index contributed by atoms with van der Waals surface area (Å²) >= 11 is 0. The normalized spacial score (nSPS) is 23.3. The van der Waals surface area contributed by atoms with Gasteiger partial charge < -0.3 is 5.32 Å². The average molecular weight is 435 g/mol. The van der Waals surface area contributed by atoms with Crippen molar-refractivity contribution < 1.29 is 13.2 Å². The fourth-order valence-electron chi connectivity index (χ4n) is 5.12. The molecule has 1 N–H and O–H groups in total. The van der Waals surface area contributed by atoms with E-state index in [4.69, 9.17) is 0 Å². The highest BCUT2D eigenvalue weighted by Crippen LogP contribution is 2.36. The van der Waals surface area contributed by atoms with E-state index in [-0.39, 0.29) is 11.8 Å². The second kappa shape index (κ2) is 10.3. The van der Waals surface area contributed by atoms with Gasteiger partial charge in [0.05, 0.1) is 4.90 Å². The largest absolute Gasteiger partial charge is 0.325 e. The first kappa shape index (κ1) is 23.3. The molecular formula is C24H38N2O3S. The first-order valence-electron chi connectivity index (χ1n) is 11.8. The van der Waals surface area contributed by atoms with Gasteiger partial charge in [0.2, 0.25) is 15.9 Å². The summed E-state index contributed by atoms with van der Waals surface area (Å²) in [6.07, 6.45) is 10.7.